The molecule has 6 heteroatoms. The van der Waals surface area contributed by atoms with Gasteiger partial charge in [-0.1, -0.05) is 41.4 Å². The Morgan fingerprint density at radius 3 is 2.28 bits per heavy atom. The maximum Gasteiger partial charge on any atom is 0.183 e. The maximum atomic E-state index is 13.2. The van der Waals surface area contributed by atoms with Crippen molar-refractivity contribution < 1.29 is 13.2 Å². The normalized spacial score (nSPS) is 25.8. The van der Waals surface area contributed by atoms with Crippen molar-refractivity contribution in [3.8, 4) is 0 Å². The first-order chi connectivity index (χ1) is 11.8. The second-order valence-electron chi connectivity index (χ2n) is 6.56. The molecule has 1 aliphatic rings. The van der Waals surface area contributed by atoms with E-state index in [-0.39, 0.29) is 17.4 Å². The maximum absolute atomic E-state index is 13.2. The van der Waals surface area contributed by atoms with Crippen molar-refractivity contribution >= 4 is 21.4 Å². The van der Waals surface area contributed by atoms with Gasteiger partial charge in [0.15, 0.2) is 9.84 Å². The molecule has 1 aliphatic carbocycles. The highest BCUT2D eigenvalue weighted by atomic mass is 35.5. The van der Waals surface area contributed by atoms with Crippen LogP contribution in [0.5, 0.6) is 0 Å². The van der Waals surface area contributed by atoms with E-state index in [4.69, 9.17) is 22.1 Å². The van der Waals surface area contributed by atoms with Gasteiger partial charge in [-0.2, -0.15) is 0 Å². The van der Waals surface area contributed by atoms with Crippen molar-refractivity contribution in [2.45, 2.75) is 35.4 Å². The molecule has 0 aliphatic heterocycles. The lowest BCUT2D eigenvalue weighted by Gasteiger charge is -2.12. The molecule has 2 N–H and O–H groups in total. The SMILES string of the molecule is CCOC[C@@]1(N)[C@H](S(=O)(=O)c2ccc(Cl)cc2)[C@@H]1c1ccc(C)cc1. The van der Waals surface area contributed by atoms with Gasteiger partial charge in [0.1, 0.15) is 0 Å². The van der Waals surface area contributed by atoms with Crippen LogP contribution in [0.25, 0.3) is 0 Å². The van der Waals surface area contributed by atoms with E-state index in [2.05, 4.69) is 0 Å². The molecule has 3 atom stereocenters. The Labute approximate surface area is 153 Å². The smallest absolute Gasteiger partial charge is 0.183 e. The van der Waals surface area contributed by atoms with Gasteiger partial charge >= 0.3 is 0 Å². The Hall–Kier alpha value is -1.40. The fourth-order valence-corrected chi connectivity index (χ4v) is 5.79. The van der Waals surface area contributed by atoms with Crippen LogP contribution in [-0.2, 0) is 14.6 Å². The number of rotatable bonds is 6. The topological polar surface area (TPSA) is 69.4 Å². The van der Waals surface area contributed by atoms with E-state index in [1.807, 2.05) is 38.1 Å². The van der Waals surface area contributed by atoms with Gasteiger partial charge in [-0.15, -0.1) is 0 Å². The molecule has 1 saturated carbocycles. The van der Waals surface area contributed by atoms with Crippen molar-refractivity contribution in [2.75, 3.05) is 13.2 Å². The molecule has 25 heavy (non-hydrogen) atoms. The van der Waals surface area contributed by atoms with Crippen molar-refractivity contribution in [2.24, 2.45) is 5.73 Å². The Bertz CT molecular complexity index is 849. The van der Waals surface area contributed by atoms with Crippen LogP contribution in [0.15, 0.2) is 53.4 Å². The molecule has 1 fully saturated rings. The van der Waals surface area contributed by atoms with Crippen molar-refractivity contribution in [1.82, 2.24) is 0 Å². The molecule has 0 amide bonds. The molecular weight excluding hydrogens is 358 g/mol. The van der Waals surface area contributed by atoms with E-state index >= 15 is 0 Å². The number of benzene rings is 2. The largest absolute Gasteiger partial charge is 0.380 e. The molecular formula is C19H22ClNO3S. The van der Waals surface area contributed by atoms with E-state index in [9.17, 15) is 8.42 Å². The first-order valence-electron chi connectivity index (χ1n) is 8.23. The summed E-state index contributed by atoms with van der Waals surface area (Å²) < 4.78 is 31.8. The summed E-state index contributed by atoms with van der Waals surface area (Å²) in [6, 6.07) is 14.1. The van der Waals surface area contributed by atoms with Crippen LogP contribution < -0.4 is 5.73 Å². The van der Waals surface area contributed by atoms with E-state index in [1.54, 1.807) is 12.1 Å². The third-order valence-electron chi connectivity index (χ3n) is 4.77. The lowest BCUT2D eigenvalue weighted by atomic mass is 10.1. The minimum absolute atomic E-state index is 0.208. The van der Waals surface area contributed by atoms with Crippen LogP contribution in [0.3, 0.4) is 0 Å². The Kier molecular flexibility index (Phi) is 4.95. The predicted octanol–water partition coefficient (Wildman–Crippen LogP) is 3.32. The summed E-state index contributed by atoms with van der Waals surface area (Å²) in [5, 5.41) is -0.214. The minimum atomic E-state index is -3.59. The van der Waals surface area contributed by atoms with Crippen molar-refractivity contribution in [3.63, 3.8) is 0 Å². The van der Waals surface area contributed by atoms with E-state index in [0.29, 0.717) is 11.6 Å². The average Bonchev–Trinajstić information content (AvgIpc) is 3.21. The molecule has 134 valence electrons. The van der Waals surface area contributed by atoms with Gasteiger partial charge in [0.05, 0.1) is 22.3 Å². The van der Waals surface area contributed by atoms with Gasteiger partial charge in [-0.3, -0.25) is 0 Å². The number of hydrogen-bond donors (Lipinski definition) is 1. The van der Waals surface area contributed by atoms with Crippen LogP contribution in [0.2, 0.25) is 5.02 Å². The zero-order valence-electron chi connectivity index (χ0n) is 14.3. The minimum Gasteiger partial charge on any atom is -0.380 e. The van der Waals surface area contributed by atoms with Crippen LogP contribution in [-0.4, -0.2) is 32.4 Å². The van der Waals surface area contributed by atoms with Crippen LogP contribution >= 0.6 is 11.6 Å². The number of ether oxygens (including phenoxy) is 1. The Morgan fingerprint density at radius 1 is 1.12 bits per heavy atom. The van der Waals surface area contributed by atoms with Crippen LogP contribution in [0, 0.1) is 6.92 Å². The molecule has 4 nitrogen and oxygen atoms in total. The van der Waals surface area contributed by atoms with Gasteiger partial charge in [0.2, 0.25) is 0 Å². The number of halogens is 1. The number of aryl methyl sites for hydroxylation is 1. The summed E-state index contributed by atoms with van der Waals surface area (Å²) in [5.41, 5.74) is 7.63. The van der Waals surface area contributed by atoms with Gasteiger partial charge < -0.3 is 10.5 Å². The fraction of sp³-hybridized carbons (Fsp3) is 0.368. The predicted molar refractivity (Wildman–Crippen MR) is 99.8 cm³/mol. The highest BCUT2D eigenvalue weighted by molar-refractivity contribution is 7.92. The van der Waals surface area contributed by atoms with Crippen molar-refractivity contribution in [1.29, 1.82) is 0 Å². The summed E-state index contributed by atoms with van der Waals surface area (Å²) in [6.07, 6.45) is 0. The second-order valence-corrected chi connectivity index (χ2v) is 9.06. The summed E-state index contributed by atoms with van der Waals surface area (Å²) in [6.45, 7) is 4.57. The molecule has 3 rings (SSSR count). The second kappa shape index (κ2) is 6.72. The number of hydrogen-bond acceptors (Lipinski definition) is 4. The average molecular weight is 380 g/mol. The number of sulfone groups is 1. The molecule has 0 aromatic heterocycles. The van der Waals surface area contributed by atoms with Crippen LogP contribution in [0.1, 0.15) is 24.0 Å². The lowest BCUT2D eigenvalue weighted by Crippen LogP contribution is -2.36. The molecule has 2 aromatic carbocycles. The quantitative estimate of drug-likeness (QED) is 0.835. The third kappa shape index (κ3) is 3.34. The molecule has 0 saturated heterocycles. The summed E-state index contributed by atoms with van der Waals surface area (Å²) in [5.74, 6) is -0.291. The highest BCUT2D eigenvalue weighted by Crippen LogP contribution is 2.55. The van der Waals surface area contributed by atoms with Crippen molar-refractivity contribution in [3.05, 3.63) is 64.7 Å². The van der Waals surface area contributed by atoms with Gasteiger partial charge in [0.25, 0.3) is 0 Å². The van der Waals surface area contributed by atoms with E-state index in [0.717, 1.165) is 11.1 Å². The standard InChI is InChI=1S/C19H22ClNO3S/c1-3-24-12-19(21)17(14-6-4-13(2)5-7-14)18(19)25(22,23)16-10-8-15(20)9-11-16/h4-11,17-18H,3,12,21H2,1-2H3/t17-,18+,19-/m0/s1. The first-order valence-corrected chi connectivity index (χ1v) is 10.2. The van der Waals surface area contributed by atoms with Crippen LogP contribution in [0.4, 0.5) is 0 Å². The molecule has 0 radical (unpaired) electrons. The van der Waals surface area contributed by atoms with E-state index in [1.165, 1.54) is 12.1 Å². The number of nitrogens with two attached hydrogens (primary N) is 1. The van der Waals surface area contributed by atoms with Gasteiger partial charge in [-0.25, -0.2) is 8.42 Å². The van der Waals surface area contributed by atoms with E-state index < -0.39 is 20.6 Å². The first kappa shape index (κ1) is 18.4. The molecule has 0 bridgehead atoms. The lowest BCUT2D eigenvalue weighted by molar-refractivity contribution is 0.125. The molecule has 0 heterocycles. The van der Waals surface area contributed by atoms with Gasteiger partial charge in [0, 0.05) is 17.5 Å². The summed E-state index contributed by atoms with van der Waals surface area (Å²) >= 11 is 5.88. The fourth-order valence-electron chi connectivity index (χ4n) is 3.37. The zero-order valence-corrected chi connectivity index (χ0v) is 15.8. The summed E-state index contributed by atoms with van der Waals surface area (Å²) in [4.78, 5) is 0.239. The molecule has 2 aromatic rings. The highest BCUT2D eigenvalue weighted by Gasteiger charge is 2.69. The Balaban J connectivity index is 1.99. The zero-order chi connectivity index (χ0) is 18.2. The third-order valence-corrected chi connectivity index (χ3v) is 7.33. The monoisotopic (exact) mass is 379 g/mol. The Morgan fingerprint density at radius 2 is 1.72 bits per heavy atom. The summed E-state index contributed by atoms with van der Waals surface area (Å²) in [7, 11) is -3.59. The van der Waals surface area contributed by atoms with Gasteiger partial charge in [-0.05, 0) is 43.7 Å². The molecule has 0 spiro atoms. The molecule has 0 unspecified atom stereocenters.